The molecule has 4 saturated carbocycles. The summed E-state index contributed by atoms with van der Waals surface area (Å²) in [5, 5.41) is 4.15. The number of nitrogens with zero attached hydrogens (tertiary/aromatic N) is 2. The molecule has 1 amide bonds. The average molecular weight is 400 g/mol. The van der Waals surface area contributed by atoms with Gasteiger partial charge in [0.1, 0.15) is 6.54 Å². The van der Waals surface area contributed by atoms with Crippen LogP contribution in [0.25, 0.3) is 10.9 Å². The van der Waals surface area contributed by atoms with Gasteiger partial charge in [-0.05, 0) is 86.8 Å². The highest BCUT2D eigenvalue weighted by atomic mass is 35.5. The smallest absolute Gasteiger partial charge is 0.261 e. The zero-order chi connectivity index (χ0) is 19.5. The SMILES string of the molecule is C[C@H](NC(=O)Cn1cnc2ccc(Cl)cc2c1=O)C12CC3CC(CC(C3)C1)C2. The fourth-order valence-corrected chi connectivity index (χ4v) is 6.72. The van der Waals surface area contributed by atoms with Gasteiger partial charge in [0.2, 0.25) is 5.91 Å². The topological polar surface area (TPSA) is 64.0 Å². The minimum atomic E-state index is -0.231. The normalized spacial score (nSPS) is 31.9. The van der Waals surface area contributed by atoms with E-state index in [4.69, 9.17) is 11.6 Å². The van der Waals surface area contributed by atoms with E-state index in [2.05, 4.69) is 17.2 Å². The summed E-state index contributed by atoms with van der Waals surface area (Å²) < 4.78 is 1.38. The molecule has 1 N–H and O–H groups in total. The molecule has 4 aliphatic rings. The number of rotatable bonds is 4. The molecule has 5 nitrogen and oxygen atoms in total. The van der Waals surface area contributed by atoms with Crippen LogP contribution in [0.3, 0.4) is 0 Å². The van der Waals surface area contributed by atoms with Crippen LogP contribution in [0, 0.1) is 23.2 Å². The number of halogens is 1. The molecule has 148 valence electrons. The molecule has 0 saturated heterocycles. The summed E-state index contributed by atoms with van der Waals surface area (Å²) in [6, 6.07) is 5.18. The summed E-state index contributed by atoms with van der Waals surface area (Å²) >= 11 is 6.01. The van der Waals surface area contributed by atoms with Gasteiger partial charge >= 0.3 is 0 Å². The highest BCUT2D eigenvalue weighted by Gasteiger charge is 2.53. The van der Waals surface area contributed by atoms with E-state index in [0.29, 0.717) is 15.9 Å². The zero-order valence-electron chi connectivity index (χ0n) is 16.2. The Hall–Kier alpha value is -1.88. The van der Waals surface area contributed by atoms with Crippen molar-refractivity contribution in [1.29, 1.82) is 0 Å². The first-order chi connectivity index (χ1) is 13.4. The number of hydrogen-bond acceptors (Lipinski definition) is 3. The molecule has 6 rings (SSSR count). The first-order valence-corrected chi connectivity index (χ1v) is 10.7. The van der Waals surface area contributed by atoms with Crippen LogP contribution in [0.5, 0.6) is 0 Å². The summed E-state index contributed by atoms with van der Waals surface area (Å²) in [4.78, 5) is 29.7. The van der Waals surface area contributed by atoms with E-state index in [-0.39, 0.29) is 29.5 Å². The molecule has 1 aromatic heterocycles. The minimum absolute atomic E-state index is 0.00894. The van der Waals surface area contributed by atoms with Crippen molar-refractivity contribution >= 4 is 28.4 Å². The third kappa shape index (κ3) is 3.04. The number of aromatic nitrogens is 2. The monoisotopic (exact) mass is 399 g/mol. The van der Waals surface area contributed by atoms with Crippen LogP contribution >= 0.6 is 11.6 Å². The first kappa shape index (κ1) is 18.2. The van der Waals surface area contributed by atoms with Crippen molar-refractivity contribution in [3.63, 3.8) is 0 Å². The van der Waals surface area contributed by atoms with Gasteiger partial charge in [0, 0.05) is 11.1 Å². The quantitative estimate of drug-likeness (QED) is 0.851. The Morgan fingerprint density at radius 2 is 1.89 bits per heavy atom. The van der Waals surface area contributed by atoms with Gasteiger partial charge in [0.25, 0.3) is 5.56 Å². The predicted molar refractivity (Wildman–Crippen MR) is 109 cm³/mol. The molecule has 1 aromatic carbocycles. The minimum Gasteiger partial charge on any atom is -0.352 e. The molecule has 28 heavy (non-hydrogen) atoms. The lowest BCUT2D eigenvalue weighted by molar-refractivity contribution is -0.126. The zero-order valence-corrected chi connectivity index (χ0v) is 16.9. The van der Waals surface area contributed by atoms with Crippen LogP contribution in [0.2, 0.25) is 5.02 Å². The number of carbonyl (C=O) groups is 1. The summed E-state index contributed by atoms with van der Waals surface area (Å²) in [7, 11) is 0. The number of amides is 1. The van der Waals surface area contributed by atoms with Gasteiger partial charge in [-0.25, -0.2) is 4.98 Å². The van der Waals surface area contributed by atoms with E-state index in [1.165, 1.54) is 49.4 Å². The Labute approximate surface area is 169 Å². The maximum atomic E-state index is 12.7. The van der Waals surface area contributed by atoms with Crippen LogP contribution in [0.4, 0.5) is 0 Å². The van der Waals surface area contributed by atoms with E-state index in [1.54, 1.807) is 18.2 Å². The summed E-state index contributed by atoms with van der Waals surface area (Å²) in [6.07, 6.45) is 9.36. The molecule has 4 bridgehead atoms. The molecule has 0 spiro atoms. The predicted octanol–water partition coefficient (Wildman–Crippen LogP) is 3.77. The van der Waals surface area contributed by atoms with Gasteiger partial charge in [-0.3, -0.25) is 14.2 Å². The Morgan fingerprint density at radius 3 is 2.54 bits per heavy atom. The van der Waals surface area contributed by atoms with Gasteiger partial charge in [0.05, 0.1) is 17.2 Å². The van der Waals surface area contributed by atoms with Gasteiger partial charge in [0.15, 0.2) is 0 Å². The largest absolute Gasteiger partial charge is 0.352 e. The maximum Gasteiger partial charge on any atom is 0.261 e. The van der Waals surface area contributed by atoms with Crippen molar-refractivity contribution in [2.45, 2.75) is 58.0 Å². The third-order valence-corrected chi connectivity index (χ3v) is 7.72. The lowest BCUT2D eigenvalue weighted by Crippen LogP contribution is -2.56. The molecule has 2 aromatic rings. The van der Waals surface area contributed by atoms with Crippen molar-refractivity contribution in [3.05, 3.63) is 39.9 Å². The second-order valence-corrected chi connectivity index (χ2v) is 9.84. The average Bonchev–Trinajstić information content (AvgIpc) is 2.63. The Kier molecular flexibility index (Phi) is 4.27. The molecule has 1 heterocycles. The van der Waals surface area contributed by atoms with E-state index >= 15 is 0 Å². The van der Waals surface area contributed by atoms with Crippen LogP contribution in [0.1, 0.15) is 45.4 Å². The van der Waals surface area contributed by atoms with Crippen molar-refractivity contribution in [2.75, 3.05) is 0 Å². The molecule has 4 fully saturated rings. The van der Waals surface area contributed by atoms with Crippen molar-refractivity contribution in [3.8, 4) is 0 Å². The molecular formula is C22H26ClN3O2. The highest BCUT2D eigenvalue weighted by Crippen LogP contribution is 2.61. The summed E-state index contributed by atoms with van der Waals surface area (Å²) in [6.45, 7) is 2.15. The van der Waals surface area contributed by atoms with Gasteiger partial charge in [-0.15, -0.1) is 0 Å². The van der Waals surface area contributed by atoms with E-state index in [0.717, 1.165) is 17.8 Å². The number of nitrogens with one attached hydrogen (secondary N) is 1. The lowest BCUT2D eigenvalue weighted by Gasteiger charge is -2.59. The molecule has 0 radical (unpaired) electrons. The van der Waals surface area contributed by atoms with Gasteiger partial charge in [-0.2, -0.15) is 0 Å². The molecule has 1 atom stereocenters. The van der Waals surface area contributed by atoms with Crippen LogP contribution in [-0.4, -0.2) is 21.5 Å². The molecule has 4 aliphatic carbocycles. The second-order valence-electron chi connectivity index (χ2n) is 9.41. The Morgan fingerprint density at radius 1 is 1.25 bits per heavy atom. The lowest BCUT2D eigenvalue weighted by atomic mass is 9.48. The number of fused-ring (bicyclic) bond motifs is 1. The Bertz CT molecular complexity index is 964. The second kappa shape index (κ2) is 6.58. The van der Waals surface area contributed by atoms with Crippen LogP contribution < -0.4 is 10.9 Å². The van der Waals surface area contributed by atoms with E-state index in [9.17, 15) is 9.59 Å². The van der Waals surface area contributed by atoms with E-state index in [1.807, 2.05) is 0 Å². The Balaban J connectivity index is 1.32. The first-order valence-electron chi connectivity index (χ1n) is 10.4. The highest BCUT2D eigenvalue weighted by molar-refractivity contribution is 6.31. The maximum absolute atomic E-state index is 12.7. The van der Waals surface area contributed by atoms with Gasteiger partial charge in [-0.1, -0.05) is 11.6 Å². The number of benzene rings is 1. The molecule has 0 unspecified atom stereocenters. The van der Waals surface area contributed by atoms with Crippen LogP contribution in [-0.2, 0) is 11.3 Å². The van der Waals surface area contributed by atoms with Crippen LogP contribution in [0.15, 0.2) is 29.3 Å². The fourth-order valence-electron chi connectivity index (χ4n) is 6.55. The molecular weight excluding hydrogens is 374 g/mol. The molecule has 6 heteroatoms. The van der Waals surface area contributed by atoms with Crippen molar-refractivity contribution in [2.24, 2.45) is 23.2 Å². The van der Waals surface area contributed by atoms with Gasteiger partial charge < -0.3 is 5.32 Å². The van der Waals surface area contributed by atoms with Crippen molar-refractivity contribution < 1.29 is 4.79 Å². The van der Waals surface area contributed by atoms with Crippen molar-refractivity contribution in [1.82, 2.24) is 14.9 Å². The summed E-state index contributed by atoms with van der Waals surface area (Å²) in [5.74, 6) is 2.43. The van der Waals surface area contributed by atoms with E-state index < -0.39 is 0 Å². The fraction of sp³-hybridized carbons (Fsp3) is 0.591. The number of hydrogen-bond donors (Lipinski definition) is 1. The standard InChI is InChI=1S/C22H26ClN3O2/c1-13(22-8-14-4-15(9-22)6-16(5-14)10-22)25-20(27)11-26-12-24-19-3-2-17(23)7-18(19)21(26)28/h2-3,7,12-16H,4-6,8-11H2,1H3,(H,25,27)/t13-,14?,15?,16?,22?/m0/s1. The summed E-state index contributed by atoms with van der Waals surface area (Å²) in [5.41, 5.74) is 0.614. The number of carbonyl (C=O) groups excluding carboxylic acids is 1. The third-order valence-electron chi connectivity index (χ3n) is 7.48. The molecule has 0 aliphatic heterocycles.